The second kappa shape index (κ2) is 20.6. The first-order chi connectivity index (χ1) is 30.8. The smallest absolute Gasteiger partial charge is 0.175 e. The average molecular weight is 985 g/mol. The highest BCUT2D eigenvalue weighted by Gasteiger charge is 2.23. The van der Waals surface area contributed by atoms with Gasteiger partial charge in [-0.05, 0) is 84.2 Å². The highest BCUT2D eigenvalue weighted by Crippen LogP contribution is 2.40. The molecule has 4 aromatic heterocycles. The zero-order valence-electron chi connectivity index (χ0n) is 34.2. The van der Waals surface area contributed by atoms with Crippen molar-refractivity contribution in [3.8, 4) is 23.0 Å². The molecule has 332 valence electrons. The van der Waals surface area contributed by atoms with Gasteiger partial charge in [0.15, 0.2) is 38.4 Å². The van der Waals surface area contributed by atoms with E-state index in [1.807, 2.05) is 36.4 Å². The number of anilines is 1. The predicted octanol–water partition coefficient (Wildman–Crippen LogP) is 9.06. The number of halogens is 4. The number of aliphatic hydroxyl groups excluding tert-OH is 2. The van der Waals surface area contributed by atoms with Crippen LogP contribution in [0.5, 0.6) is 23.0 Å². The zero-order valence-corrected chi connectivity index (χ0v) is 38.9. The van der Waals surface area contributed by atoms with Crippen LogP contribution in [-0.4, -0.2) is 77.7 Å². The summed E-state index contributed by atoms with van der Waals surface area (Å²) in [6, 6.07) is 20.8. The Labute approximate surface area is 394 Å². The molecule has 0 saturated carbocycles. The third kappa shape index (κ3) is 10.4. The Balaban J connectivity index is 0.000000191. The molecule has 0 amide bonds. The second-order valence-electron chi connectivity index (χ2n) is 13.5. The third-order valence-corrected chi connectivity index (χ3v) is 12.6. The van der Waals surface area contributed by atoms with Gasteiger partial charge in [-0.15, -0.1) is 0 Å². The van der Waals surface area contributed by atoms with Crippen LogP contribution < -0.4 is 30.2 Å². The summed E-state index contributed by atoms with van der Waals surface area (Å²) in [6.45, 7) is 0.269. The van der Waals surface area contributed by atoms with Crippen molar-refractivity contribution in [2.45, 2.75) is 45.4 Å². The maximum Gasteiger partial charge on any atom is 0.175 e. The van der Waals surface area contributed by atoms with Gasteiger partial charge < -0.3 is 49.0 Å². The summed E-state index contributed by atoms with van der Waals surface area (Å²) in [5.41, 5.74) is 9.03. The van der Waals surface area contributed by atoms with Crippen LogP contribution >= 0.6 is 69.9 Å². The third-order valence-electron chi connectivity index (χ3n) is 9.54. The number of nitrogens with one attached hydrogen (secondary N) is 2. The molecule has 64 heavy (non-hydrogen) atoms. The highest BCUT2D eigenvalue weighted by molar-refractivity contribution is 7.99. The number of ether oxygens (including phenoxy) is 4. The van der Waals surface area contributed by atoms with Crippen LogP contribution in [0.25, 0.3) is 22.3 Å². The first kappa shape index (κ1) is 46.5. The number of rotatable bonds is 14. The van der Waals surface area contributed by atoms with Gasteiger partial charge in [-0.2, -0.15) is 0 Å². The molecule has 0 bridgehead atoms. The van der Waals surface area contributed by atoms with E-state index in [2.05, 4.69) is 29.9 Å². The fraction of sp³-hybridized carbons (Fsp3) is 0.190. The molecule has 4 heterocycles. The minimum atomic E-state index is -0.945. The normalized spacial score (nSPS) is 12.2. The molecule has 16 nitrogen and oxygen atoms in total. The molecule has 0 aliphatic heterocycles. The van der Waals surface area contributed by atoms with E-state index in [-0.39, 0.29) is 24.4 Å². The number of nitrogens with zero attached hydrogens (tertiary/aromatic N) is 7. The number of aromatic amines is 1. The lowest BCUT2D eigenvalue weighted by molar-refractivity contribution is 0.154. The van der Waals surface area contributed by atoms with Crippen molar-refractivity contribution in [3.05, 3.63) is 122 Å². The highest BCUT2D eigenvalue weighted by atomic mass is 35.5. The zero-order chi connectivity index (χ0) is 45.7. The summed E-state index contributed by atoms with van der Waals surface area (Å²) in [5, 5.41) is 32.7. The van der Waals surface area contributed by atoms with Gasteiger partial charge in [0.05, 0.1) is 69.9 Å². The minimum absolute atomic E-state index is 0.0484. The Morgan fingerprint density at radius 2 is 1.28 bits per heavy atom. The van der Waals surface area contributed by atoms with E-state index in [1.165, 1.54) is 36.2 Å². The van der Waals surface area contributed by atoms with Crippen molar-refractivity contribution >= 4 is 98.1 Å². The number of H-pyrrole nitrogens is 1. The summed E-state index contributed by atoms with van der Waals surface area (Å²) >= 11 is 27.1. The van der Waals surface area contributed by atoms with E-state index in [0.29, 0.717) is 86.9 Å². The summed E-state index contributed by atoms with van der Waals surface area (Å²) in [7, 11) is 6.36. The Hall–Kier alpha value is -5.44. The number of benzene rings is 4. The lowest BCUT2D eigenvalue weighted by atomic mass is 10.1. The molecule has 8 aromatic rings. The molecule has 0 radical (unpaired) electrons. The van der Waals surface area contributed by atoms with Gasteiger partial charge in [0.2, 0.25) is 0 Å². The number of nitrogens with two attached hydrogens (primary N) is 1. The number of aromatic nitrogens is 8. The van der Waals surface area contributed by atoms with Gasteiger partial charge in [0.25, 0.3) is 0 Å². The van der Waals surface area contributed by atoms with E-state index in [0.717, 1.165) is 9.79 Å². The van der Waals surface area contributed by atoms with Crippen molar-refractivity contribution < 1.29 is 29.2 Å². The fourth-order valence-electron chi connectivity index (χ4n) is 6.35. The molecule has 0 fully saturated rings. The van der Waals surface area contributed by atoms with Crippen LogP contribution in [0.4, 0.5) is 5.82 Å². The number of hydrogen-bond donors (Lipinski definition) is 5. The van der Waals surface area contributed by atoms with Gasteiger partial charge in [0, 0.05) is 31.2 Å². The summed E-state index contributed by atoms with van der Waals surface area (Å²) in [5.74, 6) is 2.91. The number of hydrogen-bond acceptors (Lipinski definition) is 15. The Morgan fingerprint density at radius 3 is 1.84 bits per heavy atom. The van der Waals surface area contributed by atoms with Gasteiger partial charge in [0.1, 0.15) is 34.8 Å². The fourth-order valence-corrected chi connectivity index (χ4v) is 9.37. The Bertz CT molecular complexity index is 3030. The number of fused-ring (bicyclic) bond motifs is 2. The maximum atomic E-state index is 11.0. The van der Waals surface area contributed by atoms with Crippen molar-refractivity contribution in [1.82, 2.24) is 39.0 Å². The van der Waals surface area contributed by atoms with Crippen LogP contribution in [0.2, 0.25) is 20.1 Å². The molecule has 4 aromatic carbocycles. The van der Waals surface area contributed by atoms with Crippen molar-refractivity contribution in [2.75, 3.05) is 34.2 Å². The van der Waals surface area contributed by atoms with Crippen LogP contribution in [0.1, 0.15) is 23.3 Å². The van der Waals surface area contributed by atoms with E-state index < -0.39 is 12.2 Å². The van der Waals surface area contributed by atoms with E-state index in [4.69, 9.17) is 76.5 Å². The van der Waals surface area contributed by atoms with Gasteiger partial charge in [-0.25, -0.2) is 24.9 Å². The molecule has 0 aliphatic carbocycles. The number of methoxy groups -OCH3 is 4. The molecule has 2 atom stereocenters. The molecule has 2 unspecified atom stereocenters. The minimum Gasteiger partial charge on any atom is -0.497 e. The predicted molar refractivity (Wildman–Crippen MR) is 248 cm³/mol. The standard InChI is InChI=1S/2C21H19Cl2N5O3S/c1-30-12-4-6-16(31-2)17(8-12)32-21-26-18-19(24)25-10-28(20(18)27-21)9-15(29)13-5-3-11(22)7-14(13)23;1-30-12-4-6-16(31-2)17(8-12)32-21-27-18-19(24)25-10-26-20(18)28(21)9-15(29)13-5-3-11(22)7-14(13)23/h3-8,10,15,24,29H,9H2,1-2H3,(H,26,27);3-8,10,15,29H,9H2,1-2H3,(H2,24,25,26). The number of nitrogen functional groups attached to an aromatic ring is 1. The molecule has 0 saturated heterocycles. The SMILES string of the molecule is COc1ccc(OC)c(Sc2nc3c(N)ncnc3n2CC(O)c2ccc(Cl)cc2Cl)c1.COc1ccc(OC)c(Sc2nc3c([nH]2)c(=N)ncn3CC(O)c2ccc(Cl)cc2Cl)c1. The number of aliphatic hydroxyl groups is 2. The molecular weight excluding hydrogens is 946 g/mol. The molecular formula is C42H38Cl4N10O6S2. The van der Waals surface area contributed by atoms with Gasteiger partial charge in [-0.1, -0.05) is 58.5 Å². The lowest BCUT2D eigenvalue weighted by Gasteiger charge is -2.16. The average Bonchev–Trinajstić information content (AvgIpc) is 3.87. The maximum absolute atomic E-state index is 11.0. The summed E-state index contributed by atoms with van der Waals surface area (Å²) in [6.07, 6.45) is 0.967. The number of imidazole rings is 2. The van der Waals surface area contributed by atoms with Crippen LogP contribution in [-0.2, 0) is 13.1 Å². The first-order valence-corrected chi connectivity index (χ1v) is 22.0. The van der Waals surface area contributed by atoms with E-state index in [9.17, 15) is 10.2 Å². The van der Waals surface area contributed by atoms with Crippen molar-refractivity contribution in [2.24, 2.45) is 0 Å². The second-order valence-corrected chi connectivity index (χ2v) is 17.3. The summed E-state index contributed by atoms with van der Waals surface area (Å²) < 4.78 is 25.0. The molecule has 0 spiro atoms. The largest absolute Gasteiger partial charge is 0.497 e. The van der Waals surface area contributed by atoms with Crippen LogP contribution in [0.15, 0.2) is 106 Å². The van der Waals surface area contributed by atoms with Crippen LogP contribution in [0.3, 0.4) is 0 Å². The molecule has 22 heteroatoms. The van der Waals surface area contributed by atoms with E-state index >= 15 is 0 Å². The Morgan fingerprint density at radius 1 is 0.703 bits per heavy atom. The van der Waals surface area contributed by atoms with Gasteiger partial charge >= 0.3 is 0 Å². The quantitative estimate of drug-likeness (QED) is 0.0687. The monoisotopic (exact) mass is 982 g/mol. The Kier molecular flexibility index (Phi) is 15.0. The van der Waals surface area contributed by atoms with E-state index in [1.54, 1.807) is 74.0 Å². The molecule has 0 aliphatic rings. The lowest BCUT2D eigenvalue weighted by Crippen LogP contribution is -2.16. The topological polar surface area (TPSA) is 217 Å². The van der Waals surface area contributed by atoms with Gasteiger partial charge in [-0.3, -0.25) is 5.41 Å². The molecule has 6 N–H and O–H groups in total. The van der Waals surface area contributed by atoms with Crippen molar-refractivity contribution in [1.29, 1.82) is 5.41 Å². The van der Waals surface area contributed by atoms with Crippen molar-refractivity contribution in [3.63, 3.8) is 0 Å². The first-order valence-electron chi connectivity index (χ1n) is 18.8. The summed E-state index contributed by atoms with van der Waals surface area (Å²) in [4.78, 5) is 26.4. The van der Waals surface area contributed by atoms with Crippen LogP contribution in [0, 0.1) is 5.41 Å². The molecule has 8 rings (SSSR count).